The average Bonchev–Trinajstić information content (AvgIpc) is 3.07. The van der Waals surface area contributed by atoms with E-state index < -0.39 is 15.8 Å². The standard InChI is InChI=1S/C28H38ClNO4S/c1-26(2)20-33-27(3,34-21-26)25-11-7-6-10-22(25)18-28(16-8-4-5-9-17-28)19-30-35(31,32)24-14-12-23(29)13-15-24/h6-7,10-15,30H,4-5,8-9,16-21H2,1-3H3. The van der Waals surface area contributed by atoms with Crippen LogP contribution in [0.2, 0.25) is 5.02 Å². The number of benzene rings is 2. The molecule has 0 bridgehead atoms. The zero-order chi connectivity index (χ0) is 25.2. The van der Waals surface area contributed by atoms with Crippen LogP contribution in [0.1, 0.15) is 70.4 Å². The molecule has 2 aromatic rings. The second-order valence-electron chi connectivity index (χ2n) is 11.2. The summed E-state index contributed by atoms with van der Waals surface area (Å²) in [4.78, 5) is 0.241. The molecule has 0 atom stereocenters. The molecule has 0 spiro atoms. The molecule has 0 amide bonds. The van der Waals surface area contributed by atoms with Crippen molar-refractivity contribution in [2.45, 2.75) is 76.4 Å². The molecule has 0 radical (unpaired) electrons. The second-order valence-corrected chi connectivity index (χ2v) is 13.4. The third-order valence-electron chi connectivity index (χ3n) is 7.47. The number of sulfonamides is 1. The van der Waals surface area contributed by atoms with Gasteiger partial charge in [-0.15, -0.1) is 0 Å². The van der Waals surface area contributed by atoms with E-state index in [-0.39, 0.29) is 15.7 Å². The van der Waals surface area contributed by atoms with Crippen molar-refractivity contribution in [1.29, 1.82) is 0 Å². The van der Waals surface area contributed by atoms with Crippen LogP contribution in [-0.2, 0) is 31.7 Å². The Kier molecular flexibility index (Phi) is 7.99. The summed E-state index contributed by atoms with van der Waals surface area (Å²) >= 11 is 5.96. The van der Waals surface area contributed by atoms with Gasteiger partial charge in [0.25, 0.3) is 0 Å². The van der Waals surface area contributed by atoms with Crippen molar-refractivity contribution in [2.75, 3.05) is 19.8 Å². The van der Waals surface area contributed by atoms with Crippen LogP contribution in [0.4, 0.5) is 0 Å². The molecule has 5 nitrogen and oxygen atoms in total. The van der Waals surface area contributed by atoms with Crippen LogP contribution >= 0.6 is 11.6 Å². The fourth-order valence-corrected chi connectivity index (χ4v) is 6.55. The minimum absolute atomic E-state index is 0.0170. The van der Waals surface area contributed by atoms with Gasteiger partial charge in [0, 0.05) is 22.5 Å². The quantitative estimate of drug-likeness (QED) is 0.427. The minimum Gasteiger partial charge on any atom is -0.345 e. The van der Waals surface area contributed by atoms with Crippen LogP contribution in [-0.4, -0.2) is 28.2 Å². The maximum atomic E-state index is 13.1. The number of nitrogens with one attached hydrogen (secondary N) is 1. The number of hydrogen-bond acceptors (Lipinski definition) is 4. The summed E-state index contributed by atoms with van der Waals surface area (Å²) in [6.07, 6.45) is 7.31. The molecule has 2 aromatic carbocycles. The molecular formula is C28H38ClNO4S. The van der Waals surface area contributed by atoms with E-state index in [4.69, 9.17) is 21.1 Å². The first-order valence-corrected chi connectivity index (χ1v) is 14.5. The average molecular weight is 520 g/mol. The normalized spacial score (nSPS) is 21.8. The fraction of sp³-hybridized carbons (Fsp3) is 0.571. The Bertz CT molecular complexity index is 1100. The zero-order valence-electron chi connectivity index (χ0n) is 21.1. The summed E-state index contributed by atoms with van der Waals surface area (Å²) in [5.74, 6) is -0.805. The van der Waals surface area contributed by atoms with Gasteiger partial charge in [0.05, 0.1) is 18.1 Å². The number of ether oxygens (including phenoxy) is 2. The van der Waals surface area contributed by atoms with Crippen LogP contribution in [0, 0.1) is 10.8 Å². The van der Waals surface area contributed by atoms with Crippen LogP contribution in [0.15, 0.2) is 53.4 Å². The van der Waals surface area contributed by atoms with Gasteiger partial charge in [0.1, 0.15) is 0 Å². The molecule has 1 heterocycles. The largest absolute Gasteiger partial charge is 0.345 e. The lowest BCUT2D eigenvalue weighted by Crippen LogP contribution is -2.44. The first-order valence-electron chi connectivity index (χ1n) is 12.6. The van der Waals surface area contributed by atoms with Crippen LogP contribution in [0.5, 0.6) is 0 Å². The Hall–Kier alpha value is -1.44. The summed E-state index contributed by atoms with van der Waals surface area (Å²) in [5, 5.41) is 0.518. The van der Waals surface area contributed by atoms with Gasteiger partial charge in [-0.1, -0.05) is 75.4 Å². The predicted octanol–water partition coefficient (Wildman–Crippen LogP) is 6.45. The minimum atomic E-state index is -3.63. The fourth-order valence-electron chi connectivity index (χ4n) is 5.27. The van der Waals surface area contributed by atoms with Crippen molar-refractivity contribution in [2.24, 2.45) is 10.8 Å². The maximum Gasteiger partial charge on any atom is 0.240 e. The molecule has 1 N–H and O–H groups in total. The molecule has 1 aliphatic carbocycles. The summed E-state index contributed by atoms with van der Waals surface area (Å²) in [6, 6.07) is 14.7. The van der Waals surface area contributed by atoms with E-state index in [1.807, 2.05) is 13.0 Å². The first kappa shape index (κ1) is 26.6. The highest BCUT2D eigenvalue weighted by atomic mass is 35.5. The Balaban J connectivity index is 1.59. The van der Waals surface area contributed by atoms with Gasteiger partial charge in [-0.2, -0.15) is 0 Å². The molecule has 1 saturated carbocycles. The highest BCUT2D eigenvalue weighted by Gasteiger charge is 2.41. The van der Waals surface area contributed by atoms with E-state index in [1.165, 1.54) is 18.4 Å². The Morgan fingerprint density at radius 2 is 1.49 bits per heavy atom. The smallest absolute Gasteiger partial charge is 0.240 e. The Labute approximate surface area is 215 Å². The molecular weight excluding hydrogens is 482 g/mol. The third-order valence-corrected chi connectivity index (χ3v) is 9.14. The predicted molar refractivity (Wildman–Crippen MR) is 140 cm³/mol. The van der Waals surface area contributed by atoms with Gasteiger partial charge in [-0.3, -0.25) is 0 Å². The summed E-state index contributed by atoms with van der Waals surface area (Å²) in [6.45, 7) is 7.95. The van der Waals surface area contributed by atoms with E-state index in [0.29, 0.717) is 24.8 Å². The Morgan fingerprint density at radius 1 is 0.886 bits per heavy atom. The zero-order valence-corrected chi connectivity index (χ0v) is 22.7. The van der Waals surface area contributed by atoms with Crippen molar-refractivity contribution in [1.82, 2.24) is 4.72 Å². The third kappa shape index (κ3) is 6.47. The highest BCUT2D eigenvalue weighted by Crippen LogP contribution is 2.42. The van der Waals surface area contributed by atoms with Crippen molar-refractivity contribution < 1.29 is 17.9 Å². The van der Waals surface area contributed by atoms with Gasteiger partial charge in [-0.05, 0) is 61.4 Å². The molecule has 1 saturated heterocycles. The molecule has 0 unspecified atom stereocenters. The molecule has 35 heavy (non-hydrogen) atoms. The van der Waals surface area contributed by atoms with Crippen LogP contribution in [0.3, 0.4) is 0 Å². The van der Waals surface area contributed by atoms with Crippen molar-refractivity contribution in [3.63, 3.8) is 0 Å². The Morgan fingerprint density at radius 3 is 2.11 bits per heavy atom. The molecule has 192 valence electrons. The monoisotopic (exact) mass is 519 g/mol. The first-order chi connectivity index (χ1) is 16.5. The maximum absolute atomic E-state index is 13.1. The molecule has 7 heteroatoms. The van der Waals surface area contributed by atoms with E-state index in [0.717, 1.165) is 37.7 Å². The van der Waals surface area contributed by atoms with Gasteiger partial charge in [-0.25, -0.2) is 13.1 Å². The van der Waals surface area contributed by atoms with E-state index >= 15 is 0 Å². The van der Waals surface area contributed by atoms with Crippen molar-refractivity contribution in [3.8, 4) is 0 Å². The highest BCUT2D eigenvalue weighted by molar-refractivity contribution is 7.89. The molecule has 1 aliphatic heterocycles. The van der Waals surface area contributed by atoms with Crippen molar-refractivity contribution in [3.05, 3.63) is 64.7 Å². The molecule has 2 aliphatic rings. The van der Waals surface area contributed by atoms with Crippen LogP contribution < -0.4 is 4.72 Å². The summed E-state index contributed by atoms with van der Waals surface area (Å²) < 4.78 is 41.7. The lowest BCUT2D eigenvalue weighted by atomic mass is 9.74. The number of halogens is 1. The van der Waals surface area contributed by atoms with Gasteiger partial charge < -0.3 is 9.47 Å². The topological polar surface area (TPSA) is 64.6 Å². The second kappa shape index (κ2) is 10.5. The lowest BCUT2D eigenvalue weighted by Gasteiger charge is -2.43. The SMILES string of the molecule is CC1(C)COC(C)(c2ccccc2CC2(CNS(=O)(=O)c3ccc(Cl)cc3)CCCCCC2)OC1. The lowest BCUT2D eigenvalue weighted by molar-refractivity contribution is -0.298. The molecule has 2 fully saturated rings. The van der Waals surface area contributed by atoms with E-state index in [2.05, 4.69) is 36.8 Å². The van der Waals surface area contributed by atoms with Gasteiger partial charge in [0.2, 0.25) is 10.0 Å². The summed E-state index contributed by atoms with van der Waals surface area (Å²) in [7, 11) is -3.63. The summed E-state index contributed by atoms with van der Waals surface area (Å²) in [5.41, 5.74) is 2.02. The number of hydrogen-bond donors (Lipinski definition) is 1. The molecule has 4 rings (SSSR count). The van der Waals surface area contributed by atoms with E-state index in [9.17, 15) is 8.42 Å². The van der Waals surface area contributed by atoms with Crippen molar-refractivity contribution >= 4 is 21.6 Å². The van der Waals surface area contributed by atoms with Gasteiger partial charge >= 0.3 is 0 Å². The molecule has 0 aromatic heterocycles. The van der Waals surface area contributed by atoms with Gasteiger partial charge in [0.15, 0.2) is 5.79 Å². The van der Waals surface area contributed by atoms with E-state index in [1.54, 1.807) is 24.3 Å². The van der Waals surface area contributed by atoms with Crippen LogP contribution in [0.25, 0.3) is 0 Å². The number of rotatable bonds is 7.